The molecule has 5 rings (SSSR count). The quantitative estimate of drug-likeness (QED) is 0.498. The molecular weight excluding hydrogens is 346 g/mol. The Balaban J connectivity index is 1.51. The number of aromatic nitrogens is 3. The Bertz CT molecular complexity index is 1130. The molecule has 0 saturated carbocycles. The van der Waals surface area contributed by atoms with Gasteiger partial charge in [0.25, 0.3) is 0 Å². The lowest BCUT2D eigenvalue weighted by Gasteiger charge is -2.12. The highest BCUT2D eigenvalue weighted by atomic mass is 16.5. The zero-order valence-corrected chi connectivity index (χ0v) is 15.3. The Labute approximate surface area is 163 Å². The van der Waals surface area contributed by atoms with Crippen LogP contribution in [0.3, 0.4) is 0 Å². The van der Waals surface area contributed by atoms with Crippen LogP contribution in [0.4, 0.5) is 0 Å². The molecule has 0 radical (unpaired) electrons. The molecule has 2 aromatic carbocycles. The average Bonchev–Trinajstić information content (AvgIpc) is 3.09. The second-order valence-corrected chi connectivity index (χ2v) is 6.75. The molecule has 2 aromatic heterocycles. The van der Waals surface area contributed by atoms with Gasteiger partial charge >= 0.3 is 0 Å². The van der Waals surface area contributed by atoms with Crippen molar-refractivity contribution in [1.82, 2.24) is 14.8 Å². The number of benzene rings is 2. The van der Waals surface area contributed by atoms with Gasteiger partial charge in [0.1, 0.15) is 12.4 Å². The van der Waals surface area contributed by atoms with E-state index < -0.39 is 0 Å². The standard InChI is InChI=1S/C24H19N3O/c1-2-5-18(6-3-1)17-28-21-8-9-22-20(15-21)7-4-14-27-24(22)23(16-26-27)19-10-12-25-13-11-19/h1-13,15-16H,14,17H2. The van der Waals surface area contributed by atoms with Gasteiger partial charge in [-0.15, -0.1) is 0 Å². The van der Waals surface area contributed by atoms with Gasteiger partial charge in [0.05, 0.1) is 18.4 Å². The van der Waals surface area contributed by atoms with Gasteiger partial charge in [-0.05, 0) is 47.0 Å². The van der Waals surface area contributed by atoms with Crippen LogP contribution < -0.4 is 4.74 Å². The number of hydrogen-bond donors (Lipinski definition) is 0. The maximum atomic E-state index is 6.02. The van der Waals surface area contributed by atoms with Gasteiger partial charge < -0.3 is 4.74 Å². The fourth-order valence-electron chi connectivity index (χ4n) is 3.56. The molecule has 4 heteroatoms. The van der Waals surface area contributed by atoms with Gasteiger partial charge in [0.2, 0.25) is 0 Å². The zero-order chi connectivity index (χ0) is 18.8. The maximum Gasteiger partial charge on any atom is 0.120 e. The Morgan fingerprint density at radius 2 is 1.79 bits per heavy atom. The van der Waals surface area contributed by atoms with E-state index in [2.05, 4.69) is 46.5 Å². The van der Waals surface area contributed by atoms with E-state index in [-0.39, 0.29) is 0 Å². The first-order chi connectivity index (χ1) is 13.9. The van der Waals surface area contributed by atoms with E-state index in [1.807, 2.05) is 59.7 Å². The predicted octanol–water partition coefficient (Wildman–Crippen LogP) is 5.22. The highest BCUT2D eigenvalue weighted by molar-refractivity contribution is 5.86. The minimum absolute atomic E-state index is 0.559. The van der Waals surface area contributed by atoms with Crippen LogP contribution in [-0.2, 0) is 13.2 Å². The Morgan fingerprint density at radius 1 is 0.929 bits per heavy atom. The fourth-order valence-corrected chi connectivity index (χ4v) is 3.56. The van der Waals surface area contributed by atoms with Crippen LogP contribution in [0.1, 0.15) is 11.1 Å². The molecular formula is C24H19N3O. The first kappa shape index (κ1) is 16.5. The first-order valence-corrected chi connectivity index (χ1v) is 9.32. The molecule has 0 bridgehead atoms. The van der Waals surface area contributed by atoms with Crippen LogP contribution in [0.15, 0.2) is 85.3 Å². The van der Waals surface area contributed by atoms with E-state index in [1.165, 1.54) is 0 Å². The zero-order valence-electron chi connectivity index (χ0n) is 15.3. The molecule has 0 fully saturated rings. The summed E-state index contributed by atoms with van der Waals surface area (Å²) in [6, 6.07) is 20.5. The van der Waals surface area contributed by atoms with E-state index >= 15 is 0 Å². The highest BCUT2D eigenvalue weighted by Crippen LogP contribution is 2.37. The summed E-state index contributed by atoms with van der Waals surface area (Å²) in [6.45, 7) is 1.30. The third-order valence-corrected chi connectivity index (χ3v) is 4.93. The summed E-state index contributed by atoms with van der Waals surface area (Å²) in [5.41, 5.74) is 6.82. The van der Waals surface area contributed by atoms with Crippen molar-refractivity contribution in [2.24, 2.45) is 0 Å². The van der Waals surface area contributed by atoms with Gasteiger partial charge in [0.15, 0.2) is 0 Å². The minimum atomic E-state index is 0.559. The van der Waals surface area contributed by atoms with Crippen LogP contribution in [0.2, 0.25) is 0 Å². The number of rotatable bonds is 4. The molecule has 4 nitrogen and oxygen atoms in total. The van der Waals surface area contributed by atoms with Gasteiger partial charge in [-0.3, -0.25) is 9.67 Å². The average molecular weight is 365 g/mol. The summed E-state index contributed by atoms with van der Waals surface area (Å²) in [5.74, 6) is 0.866. The second kappa shape index (κ2) is 7.16. The molecule has 0 atom stereocenters. The molecule has 0 unspecified atom stereocenters. The van der Waals surface area contributed by atoms with Crippen molar-refractivity contribution in [1.29, 1.82) is 0 Å². The molecule has 0 aliphatic carbocycles. The largest absolute Gasteiger partial charge is 0.489 e. The number of allylic oxidation sites excluding steroid dienone is 1. The molecule has 4 aromatic rings. The SMILES string of the molecule is C1=Cc2cc(OCc3ccccc3)ccc2-c2c(-c3ccncc3)cnn2C1. The lowest BCUT2D eigenvalue weighted by Crippen LogP contribution is -2.00. The van der Waals surface area contributed by atoms with E-state index in [1.54, 1.807) is 0 Å². The smallest absolute Gasteiger partial charge is 0.120 e. The third-order valence-electron chi connectivity index (χ3n) is 4.93. The van der Waals surface area contributed by atoms with E-state index in [4.69, 9.17) is 4.74 Å². The van der Waals surface area contributed by atoms with Crippen molar-refractivity contribution in [2.45, 2.75) is 13.2 Å². The van der Waals surface area contributed by atoms with Gasteiger partial charge in [0, 0.05) is 23.5 Å². The van der Waals surface area contributed by atoms with Crippen LogP contribution >= 0.6 is 0 Å². The monoisotopic (exact) mass is 365 g/mol. The van der Waals surface area contributed by atoms with Crippen molar-refractivity contribution in [3.63, 3.8) is 0 Å². The summed E-state index contributed by atoms with van der Waals surface area (Å²) in [6.07, 6.45) is 9.86. The lowest BCUT2D eigenvalue weighted by molar-refractivity contribution is 0.306. The summed E-state index contributed by atoms with van der Waals surface area (Å²) in [4.78, 5) is 4.13. The van der Waals surface area contributed by atoms with E-state index in [9.17, 15) is 0 Å². The normalized spacial score (nSPS) is 12.1. The molecule has 136 valence electrons. The Morgan fingerprint density at radius 3 is 2.64 bits per heavy atom. The van der Waals surface area contributed by atoms with Crippen LogP contribution in [0.25, 0.3) is 28.5 Å². The third kappa shape index (κ3) is 3.09. The maximum absolute atomic E-state index is 6.02. The number of fused-ring (bicyclic) bond motifs is 3. The van der Waals surface area contributed by atoms with Crippen molar-refractivity contribution in [2.75, 3.05) is 0 Å². The molecule has 0 spiro atoms. The number of ether oxygens (including phenoxy) is 1. The first-order valence-electron chi connectivity index (χ1n) is 9.32. The van der Waals surface area contributed by atoms with Gasteiger partial charge in [-0.25, -0.2) is 0 Å². The van der Waals surface area contributed by atoms with Crippen molar-refractivity contribution >= 4 is 6.08 Å². The Kier molecular flexibility index (Phi) is 4.22. The van der Waals surface area contributed by atoms with E-state index in [0.29, 0.717) is 6.61 Å². The Hall–Kier alpha value is -3.66. The molecule has 0 saturated heterocycles. The number of hydrogen-bond acceptors (Lipinski definition) is 3. The lowest BCUT2D eigenvalue weighted by atomic mass is 9.98. The molecule has 1 aliphatic rings. The molecule has 0 N–H and O–H groups in total. The van der Waals surface area contributed by atoms with Gasteiger partial charge in [-0.1, -0.05) is 42.5 Å². The molecule has 3 heterocycles. The summed E-state index contributed by atoms with van der Waals surface area (Å²) < 4.78 is 8.06. The van der Waals surface area contributed by atoms with Crippen molar-refractivity contribution < 1.29 is 4.74 Å². The van der Waals surface area contributed by atoms with Crippen LogP contribution in [0.5, 0.6) is 5.75 Å². The number of pyridine rings is 1. The molecule has 0 amide bonds. The van der Waals surface area contributed by atoms with E-state index in [0.717, 1.165) is 45.8 Å². The van der Waals surface area contributed by atoms with Crippen LogP contribution in [0, 0.1) is 0 Å². The minimum Gasteiger partial charge on any atom is -0.489 e. The predicted molar refractivity (Wildman–Crippen MR) is 111 cm³/mol. The summed E-state index contributed by atoms with van der Waals surface area (Å²) in [5, 5.41) is 4.60. The summed E-state index contributed by atoms with van der Waals surface area (Å²) in [7, 11) is 0. The molecule has 1 aliphatic heterocycles. The van der Waals surface area contributed by atoms with Gasteiger partial charge in [-0.2, -0.15) is 5.10 Å². The van der Waals surface area contributed by atoms with Crippen molar-refractivity contribution in [3.8, 4) is 28.1 Å². The molecule has 28 heavy (non-hydrogen) atoms. The number of nitrogens with zero attached hydrogens (tertiary/aromatic N) is 3. The summed E-state index contributed by atoms with van der Waals surface area (Å²) >= 11 is 0. The van der Waals surface area contributed by atoms with Crippen LogP contribution in [-0.4, -0.2) is 14.8 Å². The topological polar surface area (TPSA) is 39.9 Å². The van der Waals surface area contributed by atoms with Crippen molar-refractivity contribution in [3.05, 3.63) is 96.5 Å². The fraction of sp³-hybridized carbons (Fsp3) is 0.0833. The second-order valence-electron chi connectivity index (χ2n) is 6.75. The highest BCUT2D eigenvalue weighted by Gasteiger charge is 2.18.